The maximum Gasteiger partial charge on any atom is 0.313 e. The molecular weight excluding hydrogens is 236 g/mol. The fraction of sp³-hybridized carbons (Fsp3) is 0.429. The highest BCUT2D eigenvalue weighted by molar-refractivity contribution is 7.99. The minimum atomic E-state index is -1.01. The third-order valence-corrected chi connectivity index (χ3v) is 2.53. The first-order chi connectivity index (χ1) is 7.54. The van der Waals surface area contributed by atoms with Crippen molar-refractivity contribution in [1.82, 2.24) is 14.8 Å². The first-order valence-corrected chi connectivity index (χ1v) is 5.19. The monoisotopic (exact) mass is 246 g/mol. The fourth-order valence-corrected chi connectivity index (χ4v) is 1.66. The maximum atomic E-state index is 10.8. The molecule has 0 saturated carbocycles. The average molecular weight is 246 g/mol. The Morgan fingerprint density at radius 1 is 1.44 bits per heavy atom. The Morgan fingerprint density at radius 3 is 2.62 bits per heavy atom. The Bertz CT molecular complexity index is 405. The molecule has 0 fully saturated rings. The number of amides is 1. The van der Waals surface area contributed by atoms with E-state index in [0.29, 0.717) is 0 Å². The van der Waals surface area contributed by atoms with Crippen molar-refractivity contribution in [3.05, 3.63) is 5.82 Å². The molecule has 4 N–H and O–H groups in total. The molecule has 0 bridgehead atoms. The van der Waals surface area contributed by atoms with E-state index < -0.39 is 18.5 Å². The molecule has 0 radical (unpaired) electrons. The van der Waals surface area contributed by atoms with E-state index in [4.69, 9.17) is 15.9 Å². The maximum absolute atomic E-state index is 10.8. The summed E-state index contributed by atoms with van der Waals surface area (Å²) in [7, 11) is 0. The van der Waals surface area contributed by atoms with E-state index in [2.05, 4.69) is 10.2 Å². The molecule has 16 heavy (non-hydrogen) atoms. The van der Waals surface area contributed by atoms with Crippen molar-refractivity contribution in [1.29, 1.82) is 0 Å². The minimum Gasteiger partial charge on any atom is -0.481 e. The molecule has 0 aromatic carbocycles. The Balaban J connectivity index is 2.86. The van der Waals surface area contributed by atoms with Crippen LogP contribution in [0.25, 0.3) is 0 Å². The van der Waals surface area contributed by atoms with Gasteiger partial charge >= 0.3 is 5.97 Å². The summed E-state index contributed by atoms with van der Waals surface area (Å²) in [5.74, 6) is -1.66. The topological polar surface area (TPSA) is 131 Å². The zero-order valence-electron chi connectivity index (χ0n) is 8.16. The second kappa shape index (κ2) is 5.47. The zero-order chi connectivity index (χ0) is 12.1. The van der Waals surface area contributed by atoms with Crippen LogP contribution >= 0.6 is 11.8 Å². The summed E-state index contributed by atoms with van der Waals surface area (Å²) in [4.78, 5) is 21.1. The predicted molar refractivity (Wildman–Crippen MR) is 53.5 cm³/mol. The van der Waals surface area contributed by atoms with E-state index in [9.17, 15) is 9.59 Å². The van der Waals surface area contributed by atoms with Gasteiger partial charge in [-0.05, 0) is 0 Å². The number of carboxylic acid groups (broad SMARTS) is 1. The third kappa shape index (κ3) is 3.21. The van der Waals surface area contributed by atoms with Crippen LogP contribution in [0.5, 0.6) is 0 Å². The van der Waals surface area contributed by atoms with Gasteiger partial charge in [-0.1, -0.05) is 11.8 Å². The number of nitrogens with two attached hydrogens (primary N) is 1. The molecule has 1 amide bonds. The highest BCUT2D eigenvalue weighted by Crippen LogP contribution is 2.16. The van der Waals surface area contributed by atoms with E-state index in [0.717, 1.165) is 11.8 Å². The number of carboxylic acids is 1. The number of primary amides is 1. The molecule has 0 saturated heterocycles. The number of carbonyl (C=O) groups excluding carboxylic acids is 1. The summed E-state index contributed by atoms with van der Waals surface area (Å²) < 4.78 is 1.29. The Hall–Kier alpha value is -1.61. The normalized spacial score (nSPS) is 10.3. The molecular formula is C7H10N4O4S. The van der Waals surface area contributed by atoms with Gasteiger partial charge in [-0.3, -0.25) is 14.2 Å². The van der Waals surface area contributed by atoms with Crippen LogP contribution in [-0.2, 0) is 22.7 Å². The molecule has 1 heterocycles. The van der Waals surface area contributed by atoms with Crippen LogP contribution in [0.1, 0.15) is 5.82 Å². The Morgan fingerprint density at radius 2 is 2.12 bits per heavy atom. The molecule has 9 heteroatoms. The molecule has 8 nitrogen and oxygen atoms in total. The van der Waals surface area contributed by atoms with Crippen LogP contribution in [0, 0.1) is 0 Å². The standard InChI is InChI=1S/C7H10N4O4S/c8-4(13)1-11-5(2-12)9-10-7(11)16-3-6(14)15/h12H,1-3H2,(H2,8,13)(H,14,15). The van der Waals surface area contributed by atoms with Crippen LogP contribution in [-0.4, -0.2) is 42.6 Å². The minimum absolute atomic E-state index is 0.173. The largest absolute Gasteiger partial charge is 0.481 e. The molecule has 0 unspecified atom stereocenters. The van der Waals surface area contributed by atoms with Gasteiger partial charge in [0.15, 0.2) is 11.0 Å². The van der Waals surface area contributed by atoms with Gasteiger partial charge in [0.25, 0.3) is 0 Å². The molecule has 1 rings (SSSR count). The third-order valence-electron chi connectivity index (χ3n) is 1.57. The quantitative estimate of drug-likeness (QED) is 0.517. The number of aromatic nitrogens is 3. The molecule has 88 valence electrons. The van der Waals surface area contributed by atoms with Crippen LogP contribution < -0.4 is 5.73 Å². The van der Waals surface area contributed by atoms with Crippen molar-refractivity contribution < 1.29 is 19.8 Å². The van der Waals surface area contributed by atoms with Crippen molar-refractivity contribution >= 4 is 23.6 Å². The van der Waals surface area contributed by atoms with Crippen LogP contribution in [0.15, 0.2) is 5.16 Å². The molecule has 0 atom stereocenters. The second-order valence-electron chi connectivity index (χ2n) is 2.79. The summed E-state index contributed by atoms with van der Waals surface area (Å²) >= 11 is 0.904. The van der Waals surface area contributed by atoms with Crippen molar-refractivity contribution in [2.45, 2.75) is 18.3 Å². The van der Waals surface area contributed by atoms with Gasteiger partial charge in [0.05, 0.1) is 5.75 Å². The number of rotatable bonds is 6. The van der Waals surface area contributed by atoms with E-state index in [1.807, 2.05) is 0 Å². The van der Waals surface area contributed by atoms with Gasteiger partial charge in [-0.15, -0.1) is 10.2 Å². The van der Waals surface area contributed by atoms with Crippen molar-refractivity contribution in [3.8, 4) is 0 Å². The first kappa shape index (κ1) is 12.5. The number of nitrogens with zero attached hydrogens (tertiary/aromatic N) is 3. The summed E-state index contributed by atoms with van der Waals surface area (Å²) in [6, 6.07) is 0. The Labute approximate surface area is 94.5 Å². The lowest BCUT2D eigenvalue weighted by Crippen LogP contribution is -2.21. The summed E-state index contributed by atoms with van der Waals surface area (Å²) in [5.41, 5.74) is 5.01. The summed E-state index contributed by atoms with van der Waals surface area (Å²) in [6.07, 6.45) is 0. The fourth-order valence-electron chi connectivity index (χ4n) is 0.984. The van der Waals surface area contributed by atoms with Crippen LogP contribution in [0.4, 0.5) is 0 Å². The molecule has 0 aliphatic heterocycles. The predicted octanol–water partition coefficient (Wildman–Crippen LogP) is -1.57. The van der Waals surface area contributed by atoms with Gasteiger partial charge in [-0.2, -0.15) is 0 Å². The molecule has 0 aliphatic rings. The van der Waals surface area contributed by atoms with Gasteiger partial charge in [0.1, 0.15) is 13.2 Å². The van der Waals surface area contributed by atoms with E-state index >= 15 is 0 Å². The summed E-state index contributed by atoms with van der Waals surface area (Å²) in [6.45, 7) is -0.585. The lowest BCUT2D eigenvalue weighted by atomic mass is 10.5. The smallest absolute Gasteiger partial charge is 0.313 e. The summed E-state index contributed by atoms with van der Waals surface area (Å²) in [5, 5.41) is 24.9. The highest BCUT2D eigenvalue weighted by atomic mass is 32.2. The number of thioether (sulfide) groups is 1. The van der Waals surface area contributed by atoms with Gasteiger partial charge in [-0.25, -0.2) is 0 Å². The second-order valence-corrected chi connectivity index (χ2v) is 3.73. The van der Waals surface area contributed by atoms with Crippen LogP contribution in [0.3, 0.4) is 0 Å². The number of aliphatic carboxylic acids is 1. The van der Waals surface area contributed by atoms with Gasteiger partial charge < -0.3 is 15.9 Å². The Kier molecular flexibility index (Phi) is 4.26. The number of carbonyl (C=O) groups is 2. The SMILES string of the molecule is NC(=O)Cn1c(CO)nnc1SCC(=O)O. The van der Waals surface area contributed by atoms with E-state index in [1.54, 1.807) is 0 Å². The number of aliphatic hydroxyl groups excluding tert-OH is 1. The molecule has 1 aromatic heterocycles. The number of hydrogen-bond donors (Lipinski definition) is 3. The van der Waals surface area contributed by atoms with E-state index in [1.165, 1.54) is 4.57 Å². The molecule has 1 aromatic rings. The highest BCUT2D eigenvalue weighted by Gasteiger charge is 2.14. The van der Waals surface area contributed by atoms with Gasteiger partial charge in [0, 0.05) is 0 Å². The number of hydrogen-bond acceptors (Lipinski definition) is 6. The van der Waals surface area contributed by atoms with Crippen LogP contribution in [0.2, 0.25) is 0 Å². The van der Waals surface area contributed by atoms with E-state index in [-0.39, 0.29) is 23.3 Å². The first-order valence-electron chi connectivity index (χ1n) is 4.20. The van der Waals surface area contributed by atoms with Crippen molar-refractivity contribution in [2.75, 3.05) is 5.75 Å². The van der Waals surface area contributed by atoms with Crippen molar-refractivity contribution in [3.63, 3.8) is 0 Å². The zero-order valence-corrected chi connectivity index (χ0v) is 8.98. The van der Waals surface area contributed by atoms with Gasteiger partial charge in [0.2, 0.25) is 5.91 Å². The lowest BCUT2D eigenvalue weighted by molar-refractivity contribution is -0.133. The van der Waals surface area contributed by atoms with Crippen molar-refractivity contribution in [2.24, 2.45) is 5.73 Å². The molecule has 0 aliphatic carbocycles. The molecule has 0 spiro atoms. The average Bonchev–Trinajstić information content (AvgIpc) is 2.56. The lowest BCUT2D eigenvalue weighted by Gasteiger charge is -2.04. The number of aliphatic hydroxyl groups is 1.